The van der Waals surface area contributed by atoms with Crippen molar-refractivity contribution >= 4 is 50.7 Å². The van der Waals surface area contributed by atoms with Gasteiger partial charge in [0.1, 0.15) is 37.1 Å². The summed E-state index contributed by atoms with van der Waals surface area (Å²) in [6, 6.07) is 7.49. The molecule has 2 aliphatic heterocycles. The van der Waals surface area contributed by atoms with Crippen molar-refractivity contribution in [2.24, 2.45) is 0 Å². The number of piperidine rings is 1. The van der Waals surface area contributed by atoms with E-state index in [-0.39, 0.29) is 11.2 Å². The number of aryl methyl sites for hydroxylation is 2. The first-order valence-corrected chi connectivity index (χ1v) is 12.3. The first-order chi connectivity index (χ1) is 16.8. The van der Waals surface area contributed by atoms with Crippen LogP contribution in [-0.2, 0) is 0 Å². The Labute approximate surface area is 213 Å². The van der Waals surface area contributed by atoms with Crippen LogP contribution in [0.15, 0.2) is 29.1 Å². The molecule has 0 unspecified atom stereocenters. The van der Waals surface area contributed by atoms with E-state index >= 15 is 0 Å². The van der Waals surface area contributed by atoms with Gasteiger partial charge in [-0.3, -0.25) is 4.79 Å². The molecule has 0 N–H and O–H groups in total. The van der Waals surface area contributed by atoms with Crippen LogP contribution in [0.25, 0.3) is 5.65 Å². The predicted octanol–water partition coefficient (Wildman–Crippen LogP) is -2.53. The van der Waals surface area contributed by atoms with Gasteiger partial charge in [-0.1, -0.05) is 0 Å². The molecule has 1 saturated heterocycles. The number of halogens is 1. The highest BCUT2D eigenvalue weighted by molar-refractivity contribution is 6.53. The average molecular weight is 486 g/mol. The van der Waals surface area contributed by atoms with E-state index in [9.17, 15) is 9.18 Å². The maximum atomic E-state index is 14.1. The minimum absolute atomic E-state index is 0.0752. The minimum Gasteiger partial charge on any atom is -0.499 e. The third kappa shape index (κ3) is 4.14. The summed E-state index contributed by atoms with van der Waals surface area (Å²) in [5.41, 5.74) is 0.132. The Balaban J connectivity index is 1.33. The molecular weight excluding hydrogens is 457 g/mol. The molecule has 0 atom stereocenters. The van der Waals surface area contributed by atoms with Gasteiger partial charge in [0.15, 0.2) is 30.8 Å². The van der Waals surface area contributed by atoms with Crippen molar-refractivity contribution in [1.82, 2.24) is 14.6 Å². The molecule has 0 saturated carbocycles. The normalized spacial score (nSPS) is 19.7. The van der Waals surface area contributed by atoms with Crippen molar-refractivity contribution < 1.29 is 18.6 Å². The highest BCUT2D eigenvalue weighted by atomic mass is 19.1. The number of ether oxygens (including phenoxy) is 3. The monoisotopic (exact) mass is 486 g/mol. The van der Waals surface area contributed by atoms with Gasteiger partial charge in [-0.15, -0.1) is 5.10 Å². The van der Waals surface area contributed by atoms with Gasteiger partial charge < -0.3 is 19.1 Å². The van der Waals surface area contributed by atoms with Crippen molar-refractivity contribution in [2.45, 2.75) is 43.0 Å². The largest absolute Gasteiger partial charge is 0.499 e. The zero-order chi connectivity index (χ0) is 26.0. The van der Waals surface area contributed by atoms with Crippen molar-refractivity contribution in [2.75, 3.05) is 18.0 Å². The van der Waals surface area contributed by atoms with Gasteiger partial charge >= 0.3 is 5.56 Å². The van der Waals surface area contributed by atoms with Crippen LogP contribution in [0.4, 0.5) is 10.2 Å². The molecule has 1 aromatic carbocycles. The van der Waals surface area contributed by atoms with E-state index in [1.165, 1.54) is 6.92 Å². The van der Waals surface area contributed by atoms with Crippen molar-refractivity contribution in [3.63, 3.8) is 0 Å². The molecule has 14 heteroatoms. The van der Waals surface area contributed by atoms with E-state index in [0.717, 1.165) is 28.7 Å². The van der Waals surface area contributed by atoms with Crippen molar-refractivity contribution in [3.8, 4) is 17.2 Å². The summed E-state index contributed by atoms with van der Waals surface area (Å²) < 4.78 is 34.1. The molecule has 182 valence electrons. The second-order valence-electron chi connectivity index (χ2n) is 11.1. The number of nitrogens with zero attached hydrogens (tertiary/aromatic N) is 4. The number of fused-ring (bicyclic) bond motifs is 2. The van der Waals surface area contributed by atoms with Crippen LogP contribution in [0.5, 0.6) is 17.2 Å². The summed E-state index contributed by atoms with van der Waals surface area (Å²) in [6.45, 7) is 4.76. The third-order valence-corrected chi connectivity index (χ3v) is 7.67. The Hall–Kier alpha value is -3.04. The van der Waals surface area contributed by atoms with Crippen molar-refractivity contribution in [3.05, 3.63) is 51.7 Å². The van der Waals surface area contributed by atoms with Gasteiger partial charge in [0, 0.05) is 19.2 Å². The van der Waals surface area contributed by atoms with Crippen LogP contribution in [0.2, 0.25) is 0 Å². The van der Waals surface area contributed by atoms with Crippen LogP contribution < -0.4 is 24.7 Å². The van der Waals surface area contributed by atoms with E-state index in [2.05, 4.69) is 22.8 Å². The fourth-order valence-electron chi connectivity index (χ4n) is 4.64. The lowest BCUT2D eigenvalue weighted by atomic mass is 9.41. The third-order valence-electron chi connectivity index (χ3n) is 7.67. The maximum Gasteiger partial charge on any atom is 0.310 e. The standard InChI is InChI=1S/C22H28B5FN4O4/c1-11-9-16-29-12(2)17(28)19(33)32(16)30-18(11)31-7-5-20(23,6-8-31)34-13-3-4-14-15(10-13)36-22(26,27)21(24,25)35-14/h3-4,9-10H,5-8,23-27H2,1-2H3. The fourth-order valence-corrected chi connectivity index (χ4v) is 4.64. The summed E-state index contributed by atoms with van der Waals surface area (Å²) in [5.74, 6) is 1.89. The van der Waals surface area contributed by atoms with Crippen LogP contribution in [0.1, 0.15) is 24.1 Å². The number of rotatable bonds is 3. The Morgan fingerprint density at radius 1 is 1.00 bits per heavy atom. The van der Waals surface area contributed by atoms with Crippen LogP contribution >= 0.6 is 0 Å². The van der Waals surface area contributed by atoms with Crippen molar-refractivity contribution in [1.29, 1.82) is 0 Å². The molecule has 0 aliphatic carbocycles. The van der Waals surface area contributed by atoms with Gasteiger partial charge in [0.2, 0.25) is 5.82 Å². The average Bonchev–Trinajstić information content (AvgIpc) is 2.79. The van der Waals surface area contributed by atoms with Gasteiger partial charge in [0.25, 0.3) is 0 Å². The number of benzene rings is 1. The number of hydrogen-bond donors (Lipinski definition) is 0. The van der Waals surface area contributed by atoms with Gasteiger partial charge in [-0.05, 0) is 50.5 Å². The molecule has 3 aromatic rings. The fraction of sp³-hybridized carbons (Fsp3) is 0.409. The van der Waals surface area contributed by atoms with Gasteiger partial charge in [0.05, 0.1) is 22.0 Å². The van der Waals surface area contributed by atoms with E-state index in [4.69, 9.17) is 14.2 Å². The number of aromatic nitrogens is 3. The number of anilines is 1. The highest BCUT2D eigenvalue weighted by Crippen LogP contribution is 2.42. The van der Waals surface area contributed by atoms with E-state index in [1.807, 2.05) is 56.5 Å². The summed E-state index contributed by atoms with van der Waals surface area (Å²) >= 11 is 0. The molecule has 2 aliphatic rings. The lowest BCUT2D eigenvalue weighted by molar-refractivity contribution is 0.0603. The summed E-state index contributed by atoms with van der Waals surface area (Å²) in [4.78, 5) is 18.7. The van der Waals surface area contributed by atoms with E-state index in [1.54, 1.807) is 6.07 Å². The quantitative estimate of drug-likeness (QED) is 0.379. The van der Waals surface area contributed by atoms with Crippen LogP contribution in [0, 0.1) is 19.7 Å². The second-order valence-corrected chi connectivity index (χ2v) is 11.1. The molecule has 0 bridgehead atoms. The van der Waals surface area contributed by atoms with Crippen LogP contribution in [-0.4, -0.2) is 83.2 Å². The number of hydrogen-bond acceptors (Lipinski definition) is 7. The lowest BCUT2D eigenvalue weighted by Crippen LogP contribution is -2.65. The summed E-state index contributed by atoms with van der Waals surface area (Å²) in [7, 11) is 10.2. The van der Waals surface area contributed by atoms with Gasteiger partial charge in [-0.2, -0.15) is 8.91 Å². The Kier molecular flexibility index (Phi) is 5.65. The lowest BCUT2D eigenvalue weighted by Gasteiger charge is -2.47. The minimum atomic E-state index is -0.874. The first kappa shape index (κ1) is 24.6. The summed E-state index contributed by atoms with van der Waals surface area (Å²) in [5, 5.41) is 3.52. The SMILES string of the molecule is BC1(Oc2ccc3c(c2)OC(B)(B)C(B)(B)O3)CCN(c2nn3c(=O)c(F)c(C)nc3cc2C)CC1. The zero-order valence-corrected chi connectivity index (χ0v) is 21.9. The molecule has 4 heterocycles. The summed E-state index contributed by atoms with van der Waals surface area (Å²) in [6.07, 6.45) is 1.49. The van der Waals surface area contributed by atoms with E-state index < -0.39 is 22.2 Å². The Morgan fingerprint density at radius 3 is 2.31 bits per heavy atom. The molecule has 8 nitrogen and oxygen atoms in total. The topological polar surface area (TPSA) is 78.2 Å². The molecule has 0 spiro atoms. The molecule has 2 aromatic heterocycles. The molecule has 5 rings (SSSR count). The molecule has 0 amide bonds. The Morgan fingerprint density at radius 2 is 1.64 bits per heavy atom. The van der Waals surface area contributed by atoms with Crippen LogP contribution in [0.3, 0.4) is 0 Å². The molecule has 0 radical (unpaired) electrons. The second kappa shape index (κ2) is 8.25. The first-order valence-electron chi connectivity index (χ1n) is 12.3. The van der Waals surface area contributed by atoms with E-state index in [0.29, 0.717) is 36.1 Å². The molecule has 1 fully saturated rings. The maximum absolute atomic E-state index is 14.1. The predicted molar refractivity (Wildman–Crippen MR) is 149 cm³/mol. The zero-order valence-electron chi connectivity index (χ0n) is 21.9. The highest BCUT2D eigenvalue weighted by Gasteiger charge is 2.44. The Bertz CT molecular complexity index is 1430. The smallest absolute Gasteiger partial charge is 0.310 e. The molecular formula is C22H28B5FN4O4. The molecule has 36 heavy (non-hydrogen) atoms. The van der Waals surface area contributed by atoms with Gasteiger partial charge in [-0.25, -0.2) is 4.98 Å².